The summed E-state index contributed by atoms with van der Waals surface area (Å²) in [6.07, 6.45) is -2.28. The number of rotatable bonds is 6. The van der Waals surface area contributed by atoms with Crippen molar-refractivity contribution in [3.8, 4) is 17.1 Å². The Kier molecular flexibility index (Phi) is 7.43. The van der Waals surface area contributed by atoms with Crippen LogP contribution < -0.4 is 10.1 Å². The SMILES string of the molecule is COc1cc(-c2cc(C(=O)N3CCC(C(=O)NCc4cccc(C(F)(F)F)n4)CC3)n[nH]2)c(Cl)cn1. The Morgan fingerprint density at radius 3 is 2.69 bits per heavy atom. The molecule has 1 fully saturated rings. The predicted octanol–water partition coefficient (Wildman–Crippen LogP) is 3.72. The van der Waals surface area contributed by atoms with Gasteiger partial charge in [0.05, 0.1) is 36.3 Å². The number of likely N-dealkylation sites (tertiary alicyclic amines) is 1. The zero-order valence-corrected chi connectivity index (χ0v) is 19.9. The van der Waals surface area contributed by atoms with Crippen molar-refractivity contribution >= 4 is 23.4 Å². The summed E-state index contributed by atoms with van der Waals surface area (Å²) in [4.78, 5) is 34.6. The molecule has 3 aromatic heterocycles. The van der Waals surface area contributed by atoms with Crippen molar-refractivity contribution in [3.63, 3.8) is 0 Å². The zero-order valence-electron chi connectivity index (χ0n) is 19.1. The highest BCUT2D eigenvalue weighted by atomic mass is 35.5. The smallest absolute Gasteiger partial charge is 0.433 e. The zero-order chi connectivity index (χ0) is 25.9. The fourth-order valence-corrected chi connectivity index (χ4v) is 4.08. The molecule has 36 heavy (non-hydrogen) atoms. The first kappa shape index (κ1) is 25.4. The molecule has 9 nitrogen and oxygen atoms in total. The van der Waals surface area contributed by atoms with Gasteiger partial charge in [-0.1, -0.05) is 17.7 Å². The Balaban J connectivity index is 1.31. The molecule has 0 unspecified atom stereocenters. The largest absolute Gasteiger partial charge is 0.481 e. The molecule has 190 valence electrons. The van der Waals surface area contributed by atoms with Crippen LogP contribution in [0.3, 0.4) is 0 Å². The molecule has 0 spiro atoms. The van der Waals surface area contributed by atoms with E-state index in [0.717, 1.165) is 6.07 Å². The fraction of sp³-hybridized carbons (Fsp3) is 0.348. The van der Waals surface area contributed by atoms with Crippen molar-refractivity contribution in [2.24, 2.45) is 5.92 Å². The lowest BCUT2D eigenvalue weighted by Gasteiger charge is -2.30. The Bertz CT molecular complexity index is 1260. The molecule has 0 bridgehead atoms. The van der Waals surface area contributed by atoms with Crippen molar-refractivity contribution < 1.29 is 27.5 Å². The van der Waals surface area contributed by atoms with Gasteiger partial charge in [-0.25, -0.2) is 9.97 Å². The normalized spacial score (nSPS) is 14.5. The summed E-state index contributed by atoms with van der Waals surface area (Å²) in [7, 11) is 1.48. The minimum absolute atomic E-state index is 0.111. The van der Waals surface area contributed by atoms with Gasteiger partial charge < -0.3 is 15.0 Å². The predicted molar refractivity (Wildman–Crippen MR) is 123 cm³/mol. The number of piperidine rings is 1. The molecule has 0 aliphatic carbocycles. The van der Waals surface area contributed by atoms with Gasteiger partial charge in [-0.2, -0.15) is 18.3 Å². The lowest BCUT2D eigenvalue weighted by molar-refractivity contribution is -0.141. The second kappa shape index (κ2) is 10.5. The molecule has 2 amide bonds. The van der Waals surface area contributed by atoms with Crippen LogP contribution in [-0.4, -0.2) is 57.1 Å². The van der Waals surface area contributed by atoms with Crippen molar-refractivity contribution in [2.75, 3.05) is 20.2 Å². The number of carbonyl (C=O) groups excluding carboxylic acids is 2. The summed E-state index contributed by atoms with van der Waals surface area (Å²) in [6.45, 7) is 0.565. The van der Waals surface area contributed by atoms with E-state index < -0.39 is 11.9 Å². The maximum atomic E-state index is 12.9. The van der Waals surface area contributed by atoms with Crippen LogP contribution in [0.15, 0.2) is 36.5 Å². The molecule has 0 aromatic carbocycles. The number of halogens is 4. The third-order valence-electron chi connectivity index (χ3n) is 5.82. The van der Waals surface area contributed by atoms with Gasteiger partial charge in [0.2, 0.25) is 11.8 Å². The number of aromatic amines is 1. The van der Waals surface area contributed by atoms with E-state index in [9.17, 15) is 22.8 Å². The number of nitrogens with one attached hydrogen (secondary N) is 2. The average molecular weight is 523 g/mol. The molecule has 0 saturated carbocycles. The molecule has 0 atom stereocenters. The van der Waals surface area contributed by atoms with E-state index in [2.05, 4.69) is 25.5 Å². The number of hydrogen-bond donors (Lipinski definition) is 2. The lowest BCUT2D eigenvalue weighted by atomic mass is 9.95. The molecule has 0 radical (unpaired) electrons. The summed E-state index contributed by atoms with van der Waals surface area (Å²) in [5.74, 6) is -0.579. The lowest BCUT2D eigenvalue weighted by Crippen LogP contribution is -2.43. The number of aromatic nitrogens is 4. The third kappa shape index (κ3) is 5.76. The minimum Gasteiger partial charge on any atom is -0.481 e. The number of amides is 2. The van der Waals surface area contributed by atoms with Gasteiger partial charge in [0, 0.05) is 30.6 Å². The first-order chi connectivity index (χ1) is 17.2. The Morgan fingerprint density at radius 2 is 2.00 bits per heavy atom. The average Bonchev–Trinajstić information content (AvgIpc) is 3.37. The van der Waals surface area contributed by atoms with Crippen LogP contribution >= 0.6 is 11.6 Å². The quantitative estimate of drug-likeness (QED) is 0.510. The summed E-state index contributed by atoms with van der Waals surface area (Å²) >= 11 is 6.21. The number of nitrogens with zero attached hydrogens (tertiary/aromatic N) is 4. The second-order valence-corrected chi connectivity index (χ2v) is 8.58. The van der Waals surface area contributed by atoms with Crippen LogP contribution in [0.2, 0.25) is 5.02 Å². The molecule has 4 rings (SSSR count). The van der Waals surface area contributed by atoms with E-state index in [-0.39, 0.29) is 35.7 Å². The van der Waals surface area contributed by atoms with E-state index >= 15 is 0 Å². The fourth-order valence-electron chi connectivity index (χ4n) is 3.87. The number of H-pyrrole nitrogens is 1. The maximum Gasteiger partial charge on any atom is 0.433 e. The Hall–Kier alpha value is -3.67. The van der Waals surface area contributed by atoms with E-state index in [1.54, 1.807) is 17.0 Å². The number of hydrogen-bond acceptors (Lipinski definition) is 6. The maximum absolute atomic E-state index is 12.9. The van der Waals surface area contributed by atoms with Crippen LogP contribution in [0.1, 0.15) is 34.7 Å². The first-order valence-electron chi connectivity index (χ1n) is 11.0. The number of methoxy groups -OCH3 is 1. The molecule has 13 heteroatoms. The molecule has 3 aromatic rings. The van der Waals surface area contributed by atoms with Gasteiger partial charge in [-0.05, 0) is 31.0 Å². The summed E-state index contributed by atoms with van der Waals surface area (Å²) < 4.78 is 43.6. The topological polar surface area (TPSA) is 113 Å². The summed E-state index contributed by atoms with van der Waals surface area (Å²) in [5, 5.41) is 9.91. The Morgan fingerprint density at radius 1 is 1.25 bits per heavy atom. The van der Waals surface area contributed by atoms with Gasteiger partial charge in [0.25, 0.3) is 5.91 Å². The third-order valence-corrected chi connectivity index (χ3v) is 6.12. The van der Waals surface area contributed by atoms with Crippen molar-refractivity contribution in [1.82, 2.24) is 30.4 Å². The molecular formula is C23H22ClF3N6O3. The number of alkyl halides is 3. The minimum atomic E-state index is -4.55. The van der Waals surface area contributed by atoms with E-state index in [4.69, 9.17) is 16.3 Å². The van der Waals surface area contributed by atoms with Gasteiger partial charge in [0.15, 0.2) is 5.69 Å². The van der Waals surface area contributed by atoms with E-state index in [0.29, 0.717) is 48.1 Å². The number of carbonyl (C=O) groups is 2. The van der Waals surface area contributed by atoms with Crippen molar-refractivity contribution in [2.45, 2.75) is 25.6 Å². The van der Waals surface area contributed by atoms with Crippen molar-refractivity contribution in [1.29, 1.82) is 0 Å². The van der Waals surface area contributed by atoms with Crippen LogP contribution in [0.4, 0.5) is 13.2 Å². The van der Waals surface area contributed by atoms with Gasteiger partial charge >= 0.3 is 6.18 Å². The standard InChI is InChI=1S/C23H22ClF3N6O3/c1-36-20-9-15(16(24)12-28-20)17-10-18(32-31-17)22(35)33-7-5-13(6-8-33)21(34)29-11-14-3-2-4-19(30-14)23(25,26)27/h2-4,9-10,12-13H,5-8,11H2,1H3,(H,29,34)(H,31,32). The van der Waals surface area contributed by atoms with Crippen LogP contribution in [0.5, 0.6) is 5.88 Å². The van der Waals surface area contributed by atoms with Crippen molar-refractivity contribution in [3.05, 3.63) is 58.6 Å². The van der Waals surface area contributed by atoms with Gasteiger partial charge in [-0.15, -0.1) is 0 Å². The molecule has 1 aliphatic heterocycles. The van der Waals surface area contributed by atoms with E-state index in [1.807, 2.05) is 0 Å². The molecule has 2 N–H and O–H groups in total. The second-order valence-electron chi connectivity index (χ2n) is 8.17. The molecular weight excluding hydrogens is 501 g/mol. The van der Waals surface area contributed by atoms with Crippen LogP contribution in [0, 0.1) is 5.92 Å². The van der Waals surface area contributed by atoms with Gasteiger partial charge in [-0.3, -0.25) is 14.7 Å². The molecule has 1 saturated heterocycles. The number of ether oxygens (including phenoxy) is 1. The summed E-state index contributed by atoms with van der Waals surface area (Å²) in [5.41, 5.74) is 0.428. The molecule has 4 heterocycles. The Labute approximate surface area is 209 Å². The monoisotopic (exact) mass is 522 g/mol. The van der Waals surface area contributed by atoms with E-state index in [1.165, 1.54) is 25.4 Å². The first-order valence-corrected chi connectivity index (χ1v) is 11.4. The van der Waals surface area contributed by atoms with Gasteiger partial charge in [0.1, 0.15) is 5.69 Å². The van der Waals surface area contributed by atoms with Crippen LogP contribution in [0.25, 0.3) is 11.3 Å². The number of pyridine rings is 2. The highest BCUT2D eigenvalue weighted by Gasteiger charge is 2.33. The highest BCUT2D eigenvalue weighted by Crippen LogP contribution is 2.30. The summed E-state index contributed by atoms with van der Waals surface area (Å²) in [6, 6.07) is 6.76. The molecule has 1 aliphatic rings. The highest BCUT2D eigenvalue weighted by molar-refractivity contribution is 6.33. The van der Waals surface area contributed by atoms with Crippen LogP contribution in [-0.2, 0) is 17.5 Å².